The van der Waals surface area contributed by atoms with Crippen molar-refractivity contribution in [3.05, 3.63) is 116 Å². The molecule has 4 heteroatoms. The Morgan fingerprint density at radius 2 is 0.719 bits per heavy atom. The van der Waals surface area contributed by atoms with E-state index in [2.05, 4.69) is 180 Å². The van der Waals surface area contributed by atoms with E-state index in [4.69, 9.17) is 9.98 Å². The Bertz CT molecular complexity index is 2400. The van der Waals surface area contributed by atoms with Gasteiger partial charge < -0.3 is 9.80 Å². The summed E-state index contributed by atoms with van der Waals surface area (Å²) in [5.74, 6) is 2.80. The predicted molar refractivity (Wildman–Crippen MR) is 274 cm³/mol. The first kappa shape index (κ1) is 43.7. The molecule has 0 saturated heterocycles. The van der Waals surface area contributed by atoms with E-state index < -0.39 is 0 Å². The molecule has 12 rings (SSSR count). The summed E-state index contributed by atoms with van der Waals surface area (Å²) in [5.41, 5.74) is 20.3. The van der Waals surface area contributed by atoms with Crippen LogP contribution in [0.15, 0.2) is 70.6 Å². The van der Waals surface area contributed by atoms with E-state index >= 15 is 0 Å². The van der Waals surface area contributed by atoms with Crippen molar-refractivity contribution in [2.24, 2.45) is 20.8 Å². The summed E-state index contributed by atoms with van der Waals surface area (Å²) in [6.07, 6.45) is 14.9. The van der Waals surface area contributed by atoms with E-state index in [1.165, 1.54) is 107 Å². The van der Waals surface area contributed by atoms with Gasteiger partial charge >= 0.3 is 0 Å². The molecule has 0 heterocycles. The van der Waals surface area contributed by atoms with Gasteiger partial charge in [-0.2, -0.15) is 0 Å². The Kier molecular flexibility index (Phi) is 10.0. The fraction of sp³-hybridized carbons (Fsp3) is 0.567. The van der Waals surface area contributed by atoms with E-state index in [-0.39, 0.29) is 32.5 Å². The van der Waals surface area contributed by atoms with Crippen molar-refractivity contribution in [1.82, 2.24) is 0 Å². The highest BCUT2D eigenvalue weighted by Crippen LogP contribution is 2.64. The molecule has 64 heavy (non-hydrogen) atoms. The summed E-state index contributed by atoms with van der Waals surface area (Å²) in [6, 6.07) is 24.7. The van der Waals surface area contributed by atoms with Gasteiger partial charge in [0.1, 0.15) is 0 Å². The van der Waals surface area contributed by atoms with Crippen LogP contribution in [0.25, 0.3) is 0 Å². The minimum Gasteiger partial charge on any atom is -0.301 e. The first-order valence-electron chi connectivity index (χ1n) is 25.3. The van der Waals surface area contributed by atoms with Crippen LogP contribution in [0.3, 0.4) is 0 Å². The smallest absolute Gasteiger partial charge is 0.0941 e. The number of aliphatic imine (C=N–C) groups is 2. The standard InChI is InChI=1S/C60H78N4/c1-37-29-45-39-15-19-41(20-16-39)47(45)33-53(37)63(43-23-25-49-51(31-43)57(7,8)59(11,12)55(49,3)4)35-61-27-28-62-36-64(54-34-48-42-21-17-40(18-22-42)46(48)30-38(54)2)44-24-26-50-52(32-44)58(9,10)60(13,14)56(50,5)6/h23-26,29-36,39-42H,15-22,27-28H2,1-14H3. The number of hydrogen-bond acceptors (Lipinski definition) is 2. The molecule has 2 saturated carbocycles. The van der Waals surface area contributed by atoms with Crippen molar-refractivity contribution in [3.8, 4) is 0 Å². The molecule has 4 nitrogen and oxygen atoms in total. The number of aryl methyl sites for hydroxylation is 2. The van der Waals surface area contributed by atoms with Gasteiger partial charge in [0.05, 0.1) is 37.1 Å². The highest BCUT2D eigenvalue weighted by atomic mass is 15.2. The van der Waals surface area contributed by atoms with Gasteiger partial charge in [0.15, 0.2) is 0 Å². The summed E-state index contributed by atoms with van der Waals surface area (Å²) >= 11 is 0. The number of hydrogen-bond donors (Lipinski definition) is 0. The van der Waals surface area contributed by atoms with Crippen LogP contribution in [0.1, 0.15) is 214 Å². The Balaban J connectivity index is 0.992. The third kappa shape index (κ3) is 6.11. The van der Waals surface area contributed by atoms with Crippen LogP contribution in [0, 0.1) is 24.7 Å². The second-order valence-electron chi connectivity index (χ2n) is 24.6. The van der Waals surface area contributed by atoms with Crippen LogP contribution in [-0.2, 0) is 21.7 Å². The Labute approximate surface area is 387 Å². The SMILES string of the molecule is Cc1cc2c(cc1N(C=NCCN=CN(c1ccc3c(c1)C(C)(C)C(C)(C)C3(C)C)c1cc3c(cc1C)C1CCC3CC1)c1ccc3c(c1)C(C)(C)C(C)(C)C3(C)C)C1CCC2CC1. The zero-order valence-corrected chi connectivity index (χ0v) is 42.1. The molecule has 0 unspecified atom stereocenters. The summed E-state index contributed by atoms with van der Waals surface area (Å²) in [7, 11) is 0. The Hall–Kier alpha value is -4.18. The summed E-state index contributed by atoms with van der Waals surface area (Å²) in [6.45, 7) is 35.2. The minimum atomic E-state index is 0.0201. The van der Waals surface area contributed by atoms with E-state index in [1.54, 1.807) is 22.3 Å². The van der Waals surface area contributed by atoms with Gasteiger partial charge in [-0.3, -0.25) is 9.98 Å². The molecule has 4 bridgehead atoms. The Morgan fingerprint density at radius 3 is 1.05 bits per heavy atom. The third-order valence-electron chi connectivity index (χ3n) is 20.8. The molecule has 0 atom stereocenters. The van der Waals surface area contributed by atoms with Gasteiger partial charge in [0.2, 0.25) is 0 Å². The molecule has 4 aromatic rings. The summed E-state index contributed by atoms with van der Waals surface area (Å²) in [5, 5.41) is 0. The van der Waals surface area contributed by atoms with E-state index in [0.717, 1.165) is 11.8 Å². The van der Waals surface area contributed by atoms with Crippen LogP contribution < -0.4 is 9.80 Å². The Morgan fingerprint density at radius 1 is 0.422 bits per heavy atom. The quantitative estimate of drug-likeness (QED) is 0.0954. The molecule has 0 radical (unpaired) electrons. The fourth-order valence-corrected chi connectivity index (χ4v) is 14.2. The van der Waals surface area contributed by atoms with Gasteiger partial charge in [-0.15, -0.1) is 0 Å². The maximum Gasteiger partial charge on any atom is 0.0941 e. The van der Waals surface area contributed by atoms with E-state index in [1.807, 2.05) is 0 Å². The lowest BCUT2D eigenvalue weighted by Crippen LogP contribution is -2.42. The third-order valence-corrected chi connectivity index (χ3v) is 20.8. The van der Waals surface area contributed by atoms with Crippen LogP contribution in [0.2, 0.25) is 0 Å². The maximum absolute atomic E-state index is 5.22. The number of benzene rings is 4. The number of nitrogens with zero attached hydrogens (tertiary/aromatic N) is 4. The molecular formula is C60H78N4. The molecule has 8 aliphatic carbocycles. The molecule has 8 aliphatic rings. The maximum atomic E-state index is 5.22. The molecular weight excluding hydrogens is 777 g/mol. The van der Waals surface area contributed by atoms with Gasteiger partial charge in [0.25, 0.3) is 0 Å². The number of fused-ring (bicyclic) bond motifs is 6. The van der Waals surface area contributed by atoms with Crippen LogP contribution in [0.4, 0.5) is 22.7 Å². The highest BCUT2D eigenvalue weighted by molar-refractivity contribution is 5.93. The van der Waals surface area contributed by atoms with Crippen LogP contribution in [0.5, 0.6) is 0 Å². The van der Waals surface area contributed by atoms with Crippen molar-refractivity contribution in [3.63, 3.8) is 0 Å². The second kappa shape index (κ2) is 14.7. The van der Waals surface area contributed by atoms with Crippen LogP contribution in [-0.4, -0.2) is 25.8 Å². The highest BCUT2D eigenvalue weighted by Gasteiger charge is 2.58. The zero-order valence-electron chi connectivity index (χ0n) is 42.1. The molecule has 0 aliphatic heterocycles. The van der Waals surface area contributed by atoms with Gasteiger partial charge in [0, 0.05) is 11.4 Å². The van der Waals surface area contributed by atoms with E-state index in [0.29, 0.717) is 24.9 Å². The van der Waals surface area contributed by atoms with Crippen molar-refractivity contribution in [2.75, 3.05) is 22.9 Å². The van der Waals surface area contributed by atoms with Gasteiger partial charge in [-0.1, -0.05) is 107 Å². The van der Waals surface area contributed by atoms with Crippen LogP contribution >= 0.6 is 0 Å². The molecule has 338 valence electrons. The second-order valence-corrected chi connectivity index (χ2v) is 24.6. The molecule has 0 N–H and O–H groups in total. The van der Waals surface area contributed by atoms with Gasteiger partial charge in [-0.05, 0) is 213 Å². The number of rotatable bonds is 9. The lowest BCUT2D eigenvalue weighted by molar-refractivity contribution is 0.125. The zero-order chi connectivity index (χ0) is 45.5. The molecule has 0 spiro atoms. The number of anilines is 4. The van der Waals surface area contributed by atoms with Crippen molar-refractivity contribution >= 4 is 35.4 Å². The largest absolute Gasteiger partial charge is 0.301 e. The average molecular weight is 855 g/mol. The predicted octanol–water partition coefficient (Wildman–Crippen LogP) is 16.0. The monoisotopic (exact) mass is 855 g/mol. The molecule has 2 fully saturated rings. The van der Waals surface area contributed by atoms with Gasteiger partial charge in [-0.25, -0.2) is 0 Å². The lowest BCUT2D eigenvalue weighted by Gasteiger charge is -2.44. The average Bonchev–Trinajstić information content (AvgIpc) is 3.44. The van der Waals surface area contributed by atoms with Crippen molar-refractivity contribution < 1.29 is 0 Å². The molecule has 0 amide bonds. The summed E-state index contributed by atoms with van der Waals surface area (Å²) in [4.78, 5) is 15.3. The first-order chi connectivity index (χ1) is 30.1. The molecule has 4 aromatic carbocycles. The van der Waals surface area contributed by atoms with Crippen molar-refractivity contribution in [2.45, 2.75) is 194 Å². The normalized spacial score (nSPS) is 26.5. The molecule has 0 aromatic heterocycles. The lowest BCUT2D eigenvalue weighted by atomic mass is 9.59. The topological polar surface area (TPSA) is 31.2 Å². The minimum absolute atomic E-state index is 0.0201. The summed E-state index contributed by atoms with van der Waals surface area (Å²) < 4.78 is 0. The van der Waals surface area contributed by atoms with Crippen molar-refractivity contribution in [1.29, 1.82) is 0 Å². The first-order valence-corrected chi connectivity index (χ1v) is 25.3. The van der Waals surface area contributed by atoms with E-state index in [9.17, 15) is 0 Å². The fourth-order valence-electron chi connectivity index (χ4n) is 14.2.